The Balaban J connectivity index is 0.769. The topological polar surface area (TPSA) is 54.1 Å². The highest BCUT2D eigenvalue weighted by Crippen LogP contribution is 2.67. The molecule has 96 heavy (non-hydrogen) atoms. The molecular weight excluding hydrogens is 1160 g/mol. The third-order valence-corrected chi connectivity index (χ3v) is 21.4. The van der Waals surface area contributed by atoms with Gasteiger partial charge in [-0.15, -0.1) is 0 Å². The van der Waals surface area contributed by atoms with E-state index in [2.05, 4.69) is 313 Å². The molecule has 0 saturated heterocycles. The predicted molar refractivity (Wildman–Crippen MR) is 393 cm³/mol. The normalized spacial score (nSPS) is 13.4. The Kier molecular flexibility index (Phi) is 11.4. The van der Waals surface area contributed by atoms with Crippen molar-refractivity contribution in [3.63, 3.8) is 0 Å². The Labute approximate surface area is 556 Å². The maximum absolute atomic E-state index is 11.2. The Morgan fingerprint density at radius 2 is 0.646 bits per heavy atom. The Hall–Kier alpha value is -12.9. The number of nitriles is 2. The van der Waals surface area contributed by atoms with Crippen molar-refractivity contribution in [2.45, 2.75) is 10.8 Å². The zero-order valence-electron chi connectivity index (χ0n) is 52.0. The van der Waals surface area contributed by atoms with E-state index in [1.54, 1.807) is 0 Å². The van der Waals surface area contributed by atoms with Gasteiger partial charge in [0.15, 0.2) is 0 Å². The summed E-state index contributed by atoms with van der Waals surface area (Å²) in [5.41, 5.74) is 28.4. The van der Waals surface area contributed by atoms with Crippen LogP contribution in [0, 0.1) is 22.7 Å². The Bertz CT molecular complexity index is 6040. The number of para-hydroxylation sites is 2. The highest BCUT2D eigenvalue weighted by molar-refractivity contribution is 6.15. The van der Waals surface area contributed by atoms with E-state index in [0.717, 1.165) is 66.8 Å². The van der Waals surface area contributed by atoms with Crippen LogP contribution in [0.3, 0.4) is 0 Å². The van der Waals surface area contributed by atoms with Gasteiger partial charge in [0.2, 0.25) is 0 Å². The van der Waals surface area contributed by atoms with Crippen LogP contribution >= 0.6 is 0 Å². The number of hydrogen-bond donors (Lipinski definition) is 0. The summed E-state index contributed by atoms with van der Waals surface area (Å²) >= 11 is 0. The largest absolute Gasteiger partial charge is 0.310 e. The molecule has 4 aliphatic carbocycles. The molecule has 16 aromatic rings. The van der Waals surface area contributed by atoms with Gasteiger partial charge in [-0.3, -0.25) is 0 Å². The predicted octanol–water partition coefficient (Wildman–Crippen LogP) is 23.3. The van der Waals surface area contributed by atoms with Gasteiger partial charge in [-0.1, -0.05) is 237 Å². The van der Waals surface area contributed by atoms with E-state index in [4.69, 9.17) is 0 Å². The van der Waals surface area contributed by atoms with Crippen LogP contribution in [-0.2, 0) is 10.8 Å². The summed E-state index contributed by atoms with van der Waals surface area (Å²) in [6.45, 7) is 0. The first kappa shape index (κ1) is 53.8. The molecule has 0 N–H and O–H groups in total. The van der Waals surface area contributed by atoms with Gasteiger partial charge >= 0.3 is 0 Å². The minimum atomic E-state index is -0.635. The van der Waals surface area contributed by atoms with Gasteiger partial charge in [0.05, 0.1) is 34.1 Å². The van der Waals surface area contributed by atoms with E-state index in [1.807, 2.05) is 36.4 Å². The molecule has 0 radical (unpaired) electrons. The molecule has 20 rings (SSSR count). The lowest BCUT2D eigenvalue weighted by Gasteiger charge is -2.32. The second-order valence-corrected chi connectivity index (χ2v) is 25.9. The molecule has 0 aromatic heterocycles. The maximum atomic E-state index is 11.2. The van der Waals surface area contributed by atoms with Crippen molar-refractivity contribution in [1.82, 2.24) is 0 Å². The lowest BCUT2D eigenvalue weighted by atomic mass is 9.69. The molecule has 0 bridgehead atoms. The fourth-order valence-electron chi connectivity index (χ4n) is 17.8. The van der Waals surface area contributed by atoms with Crippen LogP contribution in [0.4, 0.5) is 34.1 Å². The molecule has 16 aromatic carbocycles. The van der Waals surface area contributed by atoms with Crippen molar-refractivity contribution in [2.75, 3.05) is 9.80 Å². The lowest BCUT2D eigenvalue weighted by molar-refractivity contribution is 0.802. The number of nitrogens with zero attached hydrogens (tertiary/aromatic N) is 4. The van der Waals surface area contributed by atoms with Crippen LogP contribution in [-0.4, -0.2) is 0 Å². The van der Waals surface area contributed by atoms with Crippen molar-refractivity contribution in [2.24, 2.45) is 0 Å². The molecule has 4 heteroatoms. The minimum Gasteiger partial charge on any atom is -0.310 e. The van der Waals surface area contributed by atoms with Crippen LogP contribution in [0.15, 0.2) is 328 Å². The number of anilines is 6. The monoisotopic (exact) mass is 1210 g/mol. The third kappa shape index (κ3) is 7.25. The zero-order valence-corrected chi connectivity index (χ0v) is 52.0. The van der Waals surface area contributed by atoms with E-state index in [0.29, 0.717) is 11.1 Å². The smallest absolute Gasteiger partial charge is 0.0992 e. The van der Waals surface area contributed by atoms with E-state index < -0.39 is 10.8 Å². The van der Waals surface area contributed by atoms with E-state index in [9.17, 15) is 10.5 Å². The fourth-order valence-corrected chi connectivity index (χ4v) is 17.8. The van der Waals surface area contributed by atoms with Crippen molar-refractivity contribution in [1.29, 1.82) is 10.5 Å². The van der Waals surface area contributed by atoms with Crippen molar-refractivity contribution < 1.29 is 0 Å². The first-order chi connectivity index (χ1) is 47.5. The average molecular weight is 1220 g/mol. The van der Waals surface area contributed by atoms with Crippen LogP contribution in [0.1, 0.15) is 55.6 Å². The van der Waals surface area contributed by atoms with Gasteiger partial charge in [-0.25, -0.2) is 0 Å². The lowest BCUT2D eigenvalue weighted by Crippen LogP contribution is -2.26. The molecular formula is C92H54N4. The van der Waals surface area contributed by atoms with Crippen molar-refractivity contribution in [3.05, 3.63) is 383 Å². The van der Waals surface area contributed by atoms with Crippen LogP contribution in [0.5, 0.6) is 0 Å². The Morgan fingerprint density at radius 1 is 0.229 bits per heavy atom. The highest BCUT2D eigenvalue weighted by Gasteiger charge is 2.54. The summed E-state index contributed by atoms with van der Waals surface area (Å²) in [4.78, 5) is 4.60. The molecule has 4 nitrogen and oxygen atoms in total. The molecule has 0 heterocycles. The standard InChI is InChI=1S/C92H54N4/c93-55-57-34-39-65(40-35-57)95(63-19-3-1-4-20-63)66-41-45-72-60(52-66)37-44-80-88-78-29-17-28-69(73(78)47-49-86(88)92(90(72)80)83-32-15-11-26-76(83)77-27-12-16-33-84(77)92)62-50-58(56-94)51-68(54-62)96(64-21-5-2-6-22-64)67-42-46-71-61(53-67)36-43-79-87-70-23-8-7-18-59(70)38-48-85(87)91(89(71)79)81-30-13-9-24-74(81)75-25-10-14-31-82(75)91/h1-54H. The third-order valence-electron chi connectivity index (χ3n) is 21.4. The molecule has 0 saturated carbocycles. The van der Waals surface area contributed by atoms with Gasteiger partial charge in [0.25, 0.3) is 0 Å². The maximum Gasteiger partial charge on any atom is 0.0992 e. The number of benzene rings is 16. The van der Waals surface area contributed by atoms with E-state index in [-0.39, 0.29) is 0 Å². The SMILES string of the molecule is N#Cc1ccc(N(c2ccccc2)c2ccc3c4c(ccc3c2)-c2c(ccc3c(-c5cc(C#N)cc(N(c6ccccc6)c6ccc7c8c(ccc7c6)-c6c(ccc7ccccc67)C86c7ccccc7-c7ccccc76)c5)cccc23)C42c3ccccc3-c3ccccc32)cc1. The molecule has 0 unspecified atom stereocenters. The highest BCUT2D eigenvalue weighted by atomic mass is 15.1. The zero-order chi connectivity index (χ0) is 63.4. The number of hydrogen-bond acceptors (Lipinski definition) is 4. The summed E-state index contributed by atoms with van der Waals surface area (Å²) in [7, 11) is 0. The van der Waals surface area contributed by atoms with Gasteiger partial charge in [-0.05, 0) is 234 Å². The summed E-state index contributed by atoms with van der Waals surface area (Å²) in [6, 6.07) is 125. The van der Waals surface area contributed by atoms with Crippen LogP contribution in [0.25, 0.3) is 98.7 Å². The van der Waals surface area contributed by atoms with Crippen LogP contribution < -0.4 is 9.80 Å². The number of rotatable bonds is 7. The van der Waals surface area contributed by atoms with Crippen LogP contribution in [0.2, 0.25) is 0 Å². The summed E-state index contributed by atoms with van der Waals surface area (Å²) < 4.78 is 0. The molecule has 0 atom stereocenters. The van der Waals surface area contributed by atoms with Gasteiger partial charge in [-0.2, -0.15) is 10.5 Å². The summed E-state index contributed by atoms with van der Waals surface area (Å²) in [5.74, 6) is 0. The quantitative estimate of drug-likeness (QED) is 0.160. The molecule has 0 amide bonds. The molecule has 4 aliphatic rings. The van der Waals surface area contributed by atoms with Gasteiger partial charge < -0.3 is 9.80 Å². The van der Waals surface area contributed by atoms with Crippen molar-refractivity contribution in [3.8, 4) is 67.8 Å². The molecule has 2 spiro atoms. The van der Waals surface area contributed by atoms with Gasteiger partial charge in [0.1, 0.15) is 0 Å². The van der Waals surface area contributed by atoms with E-state index >= 15 is 0 Å². The first-order valence-corrected chi connectivity index (χ1v) is 32.9. The first-order valence-electron chi connectivity index (χ1n) is 32.9. The molecule has 0 fully saturated rings. The summed E-state index contributed by atoms with van der Waals surface area (Å²) in [5, 5.41) is 30.4. The minimum absolute atomic E-state index is 0.538. The average Bonchev–Trinajstić information content (AvgIpc) is 1.51. The van der Waals surface area contributed by atoms with E-state index in [1.165, 1.54) is 111 Å². The van der Waals surface area contributed by atoms with Gasteiger partial charge in [0, 0.05) is 34.1 Å². The number of fused-ring (bicyclic) bond motifs is 28. The molecule has 442 valence electrons. The summed E-state index contributed by atoms with van der Waals surface area (Å²) in [6.07, 6.45) is 0. The second-order valence-electron chi connectivity index (χ2n) is 25.9. The van der Waals surface area contributed by atoms with Crippen molar-refractivity contribution >= 4 is 77.2 Å². The Morgan fingerprint density at radius 3 is 1.19 bits per heavy atom. The fraction of sp³-hybridized carbons (Fsp3) is 0.0217. The molecule has 0 aliphatic heterocycles. The second kappa shape index (κ2) is 20.3.